The standard InChI is InChI=1S/C26H34BF3N4O5/c1-24(2,33-12-10-26(29,30)16-33)14-19(15-31)22(35)34-11-4-9-25(34,3)17-39-23(36)32-21(27(37)38)13-18-5-7-20(28)8-6-18/h5-8,14,21,37-38H,4,9-13,16-17H2,1-3H3,(H,32,36)/t21-,25?/m0/s1. The SMILES string of the molecule is CC(C)(C=C(C#N)C(=O)N1CCCC1(C)COC(=O)N[C@@H](Cc1ccc(F)cc1)B(O)O)N1CCC(F)(F)C1. The van der Waals surface area contributed by atoms with Crippen molar-refractivity contribution in [1.82, 2.24) is 15.1 Å². The highest BCUT2D eigenvalue weighted by Crippen LogP contribution is 2.34. The minimum atomic E-state index is -2.82. The summed E-state index contributed by atoms with van der Waals surface area (Å²) in [5.41, 5.74) is -1.53. The van der Waals surface area contributed by atoms with E-state index in [9.17, 15) is 38.1 Å². The fourth-order valence-corrected chi connectivity index (χ4v) is 5.00. The fraction of sp³-hybridized carbons (Fsp3) is 0.577. The van der Waals surface area contributed by atoms with Crippen LogP contribution in [0.2, 0.25) is 0 Å². The number of nitrogens with zero attached hydrogens (tertiary/aromatic N) is 3. The highest BCUT2D eigenvalue weighted by molar-refractivity contribution is 6.43. The second kappa shape index (κ2) is 12.0. The maximum atomic E-state index is 13.8. The third-order valence-corrected chi connectivity index (χ3v) is 7.37. The van der Waals surface area contributed by atoms with Gasteiger partial charge in [-0.05, 0) is 63.8 Å². The Morgan fingerprint density at radius 3 is 2.49 bits per heavy atom. The first-order valence-electron chi connectivity index (χ1n) is 12.8. The Labute approximate surface area is 226 Å². The predicted molar refractivity (Wildman–Crippen MR) is 137 cm³/mol. The zero-order chi connectivity index (χ0) is 29.0. The summed E-state index contributed by atoms with van der Waals surface area (Å²) in [4.78, 5) is 28.9. The maximum absolute atomic E-state index is 13.8. The molecule has 212 valence electrons. The number of alkyl halides is 2. The summed E-state index contributed by atoms with van der Waals surface area (Å²) in [5, 5.41) is 31.5. The number of alkyl carbamates (subject to hydrolysis) is 1. The van der Waals surface area contributed by atoms with E-state index in [1.165, 1.54) is 40.1 Å². The second-order valence-electron chi connectivity index (χ2n) is 11.0. The van der Waals surface area contributed by atoms with Crippen LogP contribution in [0.5, 0.6) is 0 Å². The molecule has 1 aromatic carbocycles. The predicted octanol–water partition coefficient (Wildman–Crippen LogP) is 2.43. The molecule has 2 fully saturated rings. The van der Waals surface area contributed by atoms with Crippen molar-refractivity contribution in [2.75, 3.05) is 26.2 Å². The Morgan fingerprint density at radius 2 is 1.92 bits per heavy atom. The zero-order valence-corrected chi connectivity index (χ0v) is 22.3. The third-order valence-electron chi connectivity index (χ3n) is 7.37. The quantitative estimate of drug-likeness (QED) is 0.245. The Hall–Kier alpha value is -3.08. The number of nitriles is 1. The van der Waals surface area contributed by atoms with Gasteiger partial charge in [-0.25, -0.2) is 18.0 Å². The van der Waals surface area contributed by atoms with E-state index in [4.69, 9.17) is 4.74 Å². The van der Waals surface area contributed by atoms with E-state index in [0.29, 0.717) is 24.9 Å². The lowest BCUT2D eigenvalue weighted by Gasteiger charge is -2.36. The van der Waals surface area contributed by atoms with Crippen molar-refractivity contribution < 1.29 is 37.5 Å². The van der Waals surface area contributed by atoms with E-state index >= 15 is 0 Å². The van der Waals surface area contributed by atoms with E-state index in [2.05, 4.69) is 5.32 Å². The van der Waals surface area contributed by atoms with Crippen LogP contribution in [0.4, 0.5) is 18.0 Å². The molecule has 39 heavy (non-hydrogen) atoms. The first kappa shape index (κ1) is 30.5. The number of amides is 2. The Morgan fingerprint density at radius 1 is 1.26 bits per heavy atom. The molecule has 3 rings (SSSR count). The lowest BCUT2D eigenvalue weighted by Crippen LogP contribution is -2.52. The van der Waals surface area contributed by atoms with Crippen molar-refractivity contribution >= 4 is 19.1 Å². The van der Waals surface area contributed by atoms with Crippen LogP contribution >= 0.6 is 0 Å². The molecule has 1 unspecified atom stereocenters. The number of hydrogen-bond acceptors (Lipinski definition) is 7. The largest absolute Gasteiger partial charge is 0.475 e. The molecule has 2 saturated heterocycles. The molecule has 2 aliphatic rings. The van der Waals surface area contributed by atoms with Crippen molar-refractivity contribution in [2.45, 2.75) is 69.4 Å². The summed E-state index contributed by atoms with van der Waals surface area (Å²) >= 11 is 0. The normalized spacial score (nSPS) is 22.3. The number of nitrogens with one attached hydrogen (secondary N) is 1. The number of halogens is 3. The molecule has 9 nitrogen and oxygen atoms in total. The summed E-state index contributed by atoms with van der Waals surface area (Å²) in [7, 11) is -1.91. The summed E-state index contributed by atoms with van der Waals surface area (Å²) in [6, 6.07) is 7.24. The molecule has 0 spiro atoms. The summed E-state index contributed by atoms with van der Waals surface area (Å²) in [5.74, 6) is -4.99. The smallest absolute Gasteiger partial charge is 0.447 e. The molecule has 0 radical (unpaired) electrons. The van der Waals surface area contributed by atoms with Gasteiger partial charge < -0.3 is 25.0 Å². The lowest BCUT2D eigenvalue weighted by atomic mass is 9.76. The van der Waals surface area contributed by atoms with Gasteiger partial charge in [-0.3, -0.25) is 9.69 Å². The fourth-order valence-electron chi connectivity index (χ4n) is 5.00. The first-order chi connectivity index (χ1) is 18.2. The molecule has 2 heterocycles. The summed E-state index contributed by atoms with van der Waals surface area (Å²) in [6.07, 6.45) is 1.25. The van der Waals surface area contributed by atoms with Gasteiger partial charge in [-0.1, -0.05) is 12.1 Å². The second-order valence-corrected chi connectivity index (χ2v) is 11.0. The van der Waals surface area contributed by atoms with Gasteiger partial charge >= 0.3 is 13.2 Å². The van der Waals surface area contributed by atoms with Crippen molar-refractivity contribution in [1.29, 1.82) is 5.26 Å². The van der Waals surface area contributed by atoms with Crippen molar-refractivity contribution in [3.05, 3.63) is 47.3 Å². The average molecular weight is 550 g/mol. The third kappa shape index (κ3) is 7.74. The Bertz CT molecular complexity index is 1130. The molecule has 2 amide bonds. The highest BCUT2D eigenvalue weighted by atomic mass is 19.3. The van der Waals surface area contributed by atoms with Crippen LogP contribution in [0.25, 0.3) is 0 Å². The van der Waals surface area contributed by atoms with Gasteiger partial charge in [-0.15, -0.1) is 0 Å². The van der Waals surface area contributed by atoms with E-state index in [0.717, 1.165) is 0 Å². The molecular weight excluding hydrogens is 516 g/mol. The number of rotatable bonds is 9. The van der Waals surface area contributed by atoms with Crippen molar-refractivity contribution in [2.24, 2.45) is 0 Å². The zero-order valence-electron chi connectivity index (χ0n) is 22.3. The van der Waals surface area contributed by atoms with Crippen LogP contribution < -0.4 is 5.32 Å². The van der Waals surface area contributed by atoms with Gasteiger partial charge in [0, 0.05) is 25.0 Å². The molecule has 0 bridgehead atoms. The summed E-state index contributed by atoms with van der Waals surface area (Å²) < 4.78 is 46.0. The van der Waals surface area contributed by atoms with Crippen LogP contribution in [0.1, 0.15) is 45.6 Å². The summed E-state index contributed by atoms with van der Waals surface area (Å²) in [6.45, 7) is 4.82. The van der Waals surface area contributed by atoms with Crippen LogP contribution in [0, 0.1) is 17.1 Å². The van der Waals surface area contributed by atoms with Gasteiger partial charge in [0.2, 0.25) is 0 Å². The number of benzene rings is 1. The molecule has 2 aliphatic heterocycles. The number of hydrogen-bond donors (Lipinski definition) is 3. The van der Waals surface area contributed by atoms with E-state index < -0.39 is 54.4 Å². The molecule has 0 saturated carbocycles. The number of carbonyl (C=O) groups is 2. The molecule has 0 aliphatic carbocycles. The Balaban J connectivity index is 1.65. The average Bonchev–Trinajstić information content (AvgIpc) is 3.44. The molecular formula is C26H34BF3N4O5. The lowest BCUT2D eigenvalue weighted by molar-refractivity contribution is -0.131. The molecule has 2 atom stereocenters. The Kier molecular flexibility index (Phi) is 9.36. The highest BCUT2D eigenvalue weighted by Gasteiger charge is 2.45. The topological polar surface area (TPSA) is 126 Å². The van der Waals surface area contributed by atoms with Crippen molar-refractivity contribution in [3.63, 3.8) is 0 Å². The monoisotopic (exact) mass is 550 g/mol. The minimum Gasteiger partial charge on any atom is -0.447 e. The van der Waals surface area contributed by atoms with Gasteiger partial charge in [0.05, 0.1) is 18.0 Å². The molecule has 1 aromatic rings. The van der Waals surface area contributed by atoms with Crippen molar-refractivity contribution in [3.8, 4) is 6.07 Å². The van der Waals surface area contributed by atoms with Gasteiger partial charge in [0.15, 0.2) is 0 Å². The number of likely N-dealkylation sites (tertiary alicyclic amines) is 2. The minimum absolute atomic E-state index is 0.00395. The molecule has 3 N–H and O–H groups in total. The van der Waals surface area contributed by atoms with Gasteiger partial charge in [0.25, 0.3) is 11.8 Å². The van der Waals surface area contributed by atoms with Gasteiger partial charge in [-0.2, -0.15) is 5.26 Å². The number of carbonyl (C=O) groups excluding carboxylic acids is 2. The first-order valence-corrected chi connectivity index (χ1v) is 12.8. The van der Waals surface area contributed by atoms with Crippen LogP contribution in [0.15, 0.2) is 35.9 Å². The van der Waals surface area contributed by atoms with Gasteiger partial charge in [0.1, 0.15) is 24.1 Å². The van der Waals surface area contributed by atoms with Crippen LogP contribution in [0.3, 0.4) is 0 Å². The van der Waals surface area contributed by atoms with Crippen LogP contribution in [-0.4, -0.2) is 88.1 Å². The van der Waals surface area contributed by atoms with E-state index in [1.807, 2.05) is 6.07 Å². The number of ether oxygens (including phenoxy) is 1. The maximum Gasteiger partial charge on any atom is 0.475 e. The molecule has 13 heteroatoms. The van der Waals surface area contributed by atoms with Crippen LogP contribution in [-0.2, 0) is 16.0 Å². The van der Waals surface area contributed by atoms with E-state index in [1.54, 1.807) is 20.8 Å². The molecule has 0 aromatic heterocycles. The van der Waals surface area contributed by atoms with E-state index in [-0.39, 0.29) is 31.6 Å².